The maximum absolute atomic E-state index is 13.0. The summed E-state index contributed by atoms with van der Waals surface area (Å²) in [6.45, 7) is -0.308. The molecule has 3 aromatic carbocycles. The van der Waals surface area contributed by atoms with Crippen molar-refractivity contribution >= 4 is 50.8 Å². The second kappa shape index (κ2) is 11.3. The summed E-state index contributed by atoms with van der Waals surface area (Å²) in [5, 5.41) is 12.4. The molecular formula is C23H20Cl2N2O6S. The van der Waals surface area contributed by atoms with E-state index in [2.05, 4.69) is 10.0 Å². The number of hydrogen-bond donors (Lipinski definition) is 3. The van der Waals surface area contributed by atoms with Crippen LogP contribution in [-0.4, -0.2) is 38.0 Å². The summed E-state index contributed by atoms with van der Waals surface area (Å²) >= 11 is 11.7. The largest absolute Gasteiger partial charge is 0.491 e. The van der Waals surface area contributed by atoms with Crippen molar-refractivity contribution < 1.29 is 27.9 Å². The number of hydrogen-bond acceptors (Lipinski definition) is 5. The van der Waals surface area contributed by atoms with Crippen LogP contribution in [0.3, 0.4) is 0 Å². The smallest absolute Gasteiger partial charge is 0.307 e. The van der Waals surface area contributed by atoms with Crippen molar-refractivity contribution in [2.45, 2.75) is 17.4 Å². The lowest BCUT2D eigenvalue weighted by molar-refractivity contribution is -0.136. The number of sulfonamides is 1. The summed E-state index contributed by atoms with van der Waals surface area (Å²) < 4.78 is 33.7. The third kappa shape index (κ3) is 7.46. The fourth-order valence-electron chi connectivity index (χ4n) is 2.85. The highest BCUT2D eigenvalue weighted by atomic mass is 35.5. The number of carbonyl (C=O) groups is 2. The first kappa shape index (κ1) is 25.5. The molecule has 8 nitrogen and oxygen atoms in total. The lowest BCUT2D eigenvalue weighted by Crippen LogP contribution is -2.47. The molecule has 11 heteroatoms. The first-order valence-electron chi connectivity index (χ1n) is 9.90. The Kier molecular flexibility index (Phi) is 8.51. The Morgan fingerprint density at radius 2 is 1.44 bits per heavy atom. The van der Waals surface area contributed by atoms with Gasteiger partial charge in [-0.2, -0.15) is 4.72 Å². The third-order valence-corrected chi connectivity index (χ3v) is 6.54. The number of benzene rings is 3. The summed E-state index contributed by atoms with van der Waals surface area (Å²) in [5.41, 5.74) is 0.915. The quantitative estimate of drug-likeness (QED) is 0.370. The number of ether oxygens (including phenoxy) is 1. The minimum absolute atomic E-state index is 0.0702. The average molecular weight is 523 g/mol. The Bertz CT molecular complexity index is 1250. The lowest BCUT2D eigenvalue weighted by atomic mass is 10.1. The van der Waals surface area contributed by atoms with Gasteiger partial charge in [-0.3, -0.25) is 9.59 Å². The molecule has 0 aromatic heterocycles. The second-order valence-electron chi connectivity index (χ2n) is 7.15. The molecule has 3 aromatic rings. The molecule has 0 bridgehead atoms. The molecule has 0 saturated heterocycles. The SMILES string of the molecule is O=C(O)Cc1ccc(NC(=O)C(COc2ccc(Cl)cc2)NS(=O)(=O)c2ccc(Cl)cc2)cc1. The van der Waals surface area contributed by atoms with Crippen LogP contribution >= 0.6 is 23.2 Å². The highest BCUT2D eigenvalue weighted by molar-refractivity contribution is 7.89. The Balaban J connectivity index is 1.78. The van der Waals surface area contributed by atoms with Gasteiger partial charge in [0.2, 0.25) is 15.9 Å². The molecular weight excluding hydrogens is 503 g/mol. The molecule has 0 aliphatic rings. The molecule has 0 aliphatic heterocycles. The van der Waals surface area contributed by atoms with E-state index in [1.165, 1.54) is 36.4 Å². The Morgan fingerprint density at radius 1 is 0.882 bits per heavy atom. The van der Waals surface area contributed by atoms with Crippen LogP contribution in [0.5, 0.6) is 5.75 Å². The van der Waals surface area contributed by atoms with E-state index in [1.54, 1.807) is 36.4 Å². The minimum atomic E-state index is -4.08. The van der Waals surface area contributed by atoms with Crippen LogP contribution in [0.15, 0.2) is 77.7 Å². The van der Waals surface area contributed by atoms with Gasteiger partial charge < -0.3 is 15.2 Å². The van der Waals surface area contributed by atoms with Crippen molar-refractivity contribution in [3.63, 3.8) is 0 Å². The molecule has 1 atom stereocenters. The van der Waals surface area contributed by atoms with Gasteiger partial charge in [0.25, 0.3) is 0 Å². The highest BCUT2D eigenvalue weighted by Crippen LogP contribution is 2.18. The first-order chi connectivity index (χ1) is 16.1. The van der Waals surface area contributed by atoms with Gasteiger partial charge in [-0.15, -0.1) is 0 Å². The van der Waals surface area contributed by atoms with E-state index in [0.717, 1.165) is 0 Å². The maximum Gasteiger partial charge on any atom is 0.307 e. The zero-order chi connectivity index (χ0) is 24.7. The number of carbonyl (C=O) groups excluding carboxylic acids is 1. The topological polar surface area (TPSA) is 122 Å². The monoisotopic (exact) mass is 522 g/mol. The van der Waals surface area contributed by atoms with Gasteiger partial charge in [0, 0.05) is 15.7 Å². The highest BCUT2D eigenvalue weighted by Gasteiger charge is 2.27. The number of carboxylic acid groups (broad SMARTS) is 1. The maximum atomic E-state index is 13.0. The van der Waals surface area contributed by atoms with Crippen LogP contribution in [0.25, 0.3) is 0 Å². The standard InChI is InChI=1S/C23H20Cl2N2O6S/c24-16-3-9-19(10-4-16)33-14-21(27-34(31,32)20-11-5-17(25)6-12-20)23(30)26-18-7-1-15(2-8-18)13-22(28)29/h1-12,21,27H,13-14H2,(H,26,30)(H,28,29). The van der Waals surface area contributed by atoms with Gasteiger partial charge >= 0.3 is 5.97 Å². The Morgan fingerprint density at radius 3 is 2.00 bits per heavy atom. The van der Waals surface area contributed by atoms with E-state index < -0.39 is 27.9 Å². The second-order valence-corrected chi connectivity index (χ2v) is 9.74. The van der Waals surface area contributed by atoms with Crippen molar-refractivity contribution in [1.29, 1.82) is 0 Å². The van der Waals surface area contributed by atoms with Crippen LogP contribution in [0.1, 0.15) is 5.56 Å². The average Bonchev–Trinajstić information content (AvgIpc) is 2.79. The van der Waals surface area contributed by atoms with E-state index in [9.17, 15) is 18.0 Å². The molecule has 0 heterocycles. The van der Waals surface area contributed by atoms with Gasteiger partial charge in [0.1, 0.15) is 18.4 Å². The Hall–Kier alpha value is -3.11. The minimum Gasteiger partial charge on any atom is -0.491 e. The number of aliphatic carboxylic acids is 1. The predicted octanol–water partition coefficient (Wildman–Crippen LogP) is 3.99. The molecule has 34 heavy (non-hydrogen) atoms. The van der Waals surface area contributed by atoms with E-state index in [1.807, 2.05) is 0 Å². The normalized spacial score (nSPS) is 12.1. The number of nitrogens with one attached hydrogen (secondary N) is 2. The molecule has 0 saturated carbocycles. The molecule has 3 N–H and O–H groups in total. The summed E-state index contributed by atoms with van der Waals surface area (Å²) in [5.74, 6) is -1.25. The molecule has 0 spiro atoms. The summed E-state index contributed by atoms with van der Waals surface area (Å²) in [7, 11) is -4.08. The first-order valence-corrected chi connectivity index (χ1v) is 12.1. The number of carboxylic acids is 1. The van der Waals surface area contributed by atoms with Gasteiger partial charge in [-0.1, -0.05) is 35.3 Å². The van der Waals surface area contributed by atoms with Crippen molar-refractivity contribution in [1.82, 2.24) is 4.72 Å². The number of halogens is 2. The predicted molar refractivity (Wildman–Crippen MR) is 129 cm³/mol. The zero-order valence-corrected chi connectivity index (χ0v) is 19.9. The number of rotatable bonds is 10. The van der Waals surface area contributed by atoms with Crippen LogP contribution in [0, 0.1) is 0 Å². The third-order valence-electron chi connectivity index (χ3n) is 4.54. The van der Waals surface area contributed by atoms with E-state index in [-0.39, 0.29) is 17.9 Å². The van der Waals surface area contributed by atoms with E-state index >= 15 is 0 Å². The van der Waals surface area contributed by atoms with Crippen LogP contribution < -0.4 is 14.8 Å². The Labute approximate surface area is 206 Å². The van der Waals surface area contributed by atoms with E-state index in [0.29, 0.717) is 27.0 Å². The fourth-order valence-corrected chi connectivity index (χ4v) is 4.28. The molecule has 0 radical (unpaired) electrons. The lowest BCUT2D eigenvalue weighted by Gasteiger charge is -2.19. The molecule has 0 aliphatic carbocycles. The summed E-state index contributed by atoms with van der Waals surface area (Å²) in [6.07, 6.45) is -0.160. The van der Waals surface area contributed by atoms with Gasteiger partial charge in [-0.25, -0.2) is 8.42 Å². The van der Waals surface area contributed by atoms with Crippen molar-refractivity contribution in [3.8, 4) is 5.75 Å². The summed E-state index contributed by atoms with van der Waals surface area (Å²) in [4.78, 5) is 23.7. The van der Waals surface area contributed by atoms with Crippen LogP contribution in [0.2, 0.25) is 10.0 Å². The molecule has 1 unspecified atom stereocenters. The van der Waals surface area contributed by atoms with Crippen molar-refractivity contribution in [2.24, 2.45) is 0 Å². The summed E-state index contributed by atoms with van der Waals surface area (Å²) in [6, 6.07) is 16.7. The number of amides is 1. The zero-order valence-electron chi connectivity index (χ0n) is 17.6. The molecule has 3 rings (SSSR count). The van der Waals surface area contributed by atoms with Crippen LogP contribution in [-0.2, 0) is 26.0 Å². The molecule has 1 amide bonds. The van der Waals surface area contributed by atoms with Crippen molar-refractivity contribution in [3.05, 3.63) is 88.4 Å². The van der Waals surface area contributed by atoms with Crippen LogP contribution in [0.4, 0.5) is 5.69 Å². The molecule has 0 fully saturated rings. The van der Waals surface area contributed by atoms with Gasteiger partial charge in [0.05, 0.1) is 11.3 Å². The van der Waals surface area contributed by atoms with Crippen molar-refractivity contribution in [2.75, 3.05) is 11.9 Å². The fraction of sp³-hybridized carbons (Fsp3) is 0.130. The van der Waals surface area contributed by atoms with Gasteiger partial charge in [0.15, 0.2) is 0 Å². The molecule has 178 valence electrons. The van der Waals surface area contributed by atoms with E-state index in [4.69, 9.17) is 33.0 Å². The number of anilines is 1. The van der Waals surface area contributed by atoms with Gasteiger partial charge in [-0.05, 0) is 66.2 Å².